The quantitative estimate of drug-likeness (QED) is 0.481. The minimum atomic E-state index is -4.36. The van der Waals surface area contributed by atoms with Crippen molar-refractivity contribution < 1.29 is 21.6 Å². The van der Waals surface area contributed by atoms with Gasteiger partial charge in [0, 0.05) is 17.8 Å². The molecule has 0 atom stereocenters. The van der Waals surface area contributed by atoms with Gasteiger partial charge in [0.05, 0.1) is 12.2 Å². The maximum atomic E-state index is 14.3. The van der Waals surface area contributed by atoms with Crippen molar-refractivity contribution in [2.45, 2.75) is 18.4 Å². The maximum absolute atomic E-state index is 14.3. The summed E-state index contributed by atoms with van der Waals surface area (Å²) in [5, 5.41) is 7.80. The Hall–Kier alpha value is -3.40. The van der Waals surface area contributed by atoms with Crippen molar-refractivity contribution in [2.75, 3.05) is 4.31 Å². The second kappa shape index (κ2) is 7.45. The Morgan fingerprint density at radius 2 is 1.70 bits per heavy atom. The van der Waals surface area contributed by atoms with E-state index in [9.17, 15) is 21.6 Å². The van der Waals surface area contributed by atoms with Crippen LogP contribution in [-0.2, 0) is 16.6 Å². The Balaban J connectivity index is 1.91. The Kier molecular flexibility index (Phi) is 4.94. The van der Waals surface area contributed by atoms with Gasteiger partial charge < -0.3 is 0 Å². The zero-order valence-electron chi connectivity index (χ0n) is 15.6. The molecule has 4 rings (SSSR count). The smallest absolute Gasteiger partial charge is 0.268 e. The molecule has 0 aliphatic heterocycles. The number of halogens is 3. The molecule has 154 valence electrons. The van der Waals surface area contributed by atoms with Crippen LogP contribution in [0.4, 0.5) is 18.9 Å². The molecule has 4 aromatic rings. The summed E-state index contributed by atoms with van der Waals surface area (Å²) in [5.41, 5.74) is -0.0260. The fraction of sp³-hybridized carbons (Fsp3) is 0.100. The average Bonchev–Trinajstić information content (AvgIpc) is 3.10. The molecule has 0 radical (unpaired) electrons. The summed E-state index contributed by atoms with van der Waals surface area (Å²) in [6.45, 7) is 1.22. The van der Waals surface area contributed by atoms with E-state index >= 15 is 0 Å². The third-order valence-electron chi connectivity index (χ3n) is 4.60. The number of anilines is 1. The molecule has 30 heavy (non-hydrogen) atoms. The van der Waals surface area contributed by atoms with E-state index in [0.29, 0.717) is 5.82 Å². The fourth-order valence-corrected chi connectivity index (χ4v) is 4.62. The van der Waals surface area contributed by atoms with Gasteiger partial charge in [-0.2, -0.15) is 0 Å². The van der Waals surface area contributed by atoms with Gasteiger partial charge in [0.15, 0.2) is 17.3 Å². The van der Waals surface area contributed by atoms with Crippen molar-refractivity contribution in [3.63, 3.8) is 0 Å². The molecule has 0 saturated heterocycles. The number of sulfonamides is 1. The summed E-state index contributed by atoms with van der Waals surface area (Å²) in [5.74, 6) is -2.51. The van der Waals surface area contributed by atoms with Crippen LogP contribution < -0.4 is 4.31 Å². The second-order valence-electron chi connectivity index (χ2n) is 6.51. The van der Waals surface area contributed by atoms with Gasteiger partial charge in [-0.05, 0) is 37.3 Å². The van der Waals surface area contributed by atoms with Gasteiger partial charge in [0.2, 0.25) is 0 Å². The van der Waals surface area contributed by atoms with E-state index in [0.717, 1.165) is 22.5 Å². The molecular weight excluding hydrogens is 417 g/mol. The van der Waals surface area contributed by atoms with Crippen LogP contribution in [0.1, 0.15) is 11.4 Å². The van der Waals surface area contributed by atoms with Crippen molar-refractivity contribution in [1.29, 1.82) is 0 Å². The highest BCUT2D eigenvalue weighted by atomic mass is 32.2. The zero-order valence-corrected chi connectivity index (χ0v) is 16.4. The van der Waals surface area contributed by atoms with Gasteiger partial charge in [0.1, 0.15) is 16.5 Å². The first-order valence-corrected chi connectivity index (χ1v) is 10.2. The van der Waals surface area contributed by atoms with Crippen molar-refractivity contribution in [3.05, 3.63) is 89.6 Å². The van der Waals surface area contributed by atoms with Gasteiger partial charge in [0.25, 0.3) is 10.0 Å². The van der Waals surface area contributed by atoms with Crippen molar-refractivity contribution in [1.82, 2.24) is 14.6 Å². The monoisotopic (exact) mass is 432 g/mol. The fourth-order valence-electron chi connectivity index (χ4n) is 3.06. The number of aromatic nitrogens is 3. The van der Waals surface area contributed by atoms with E-state index in [1.165, 1.54) is 34.7 Å². The molecule has 10 heteroatoms. The molecule has 2 aromatic heterocycles. The summed E-state index contributed by atoms with van der Waals surface area (Å²) in [6, 6.07) is 11.1. The summed E-state index contributed by atoms with van der Waals surface area (Å²) >= 11 is 0. The van der Waals surface area contributed by atoms with Crippen LogP contribution in [0, 0.1) is 24.4 Å². The van der Waals surface area contributed by atoms with Crippen molar-refractivity contribution in [3.8, 4) is 0 Å². The van der Waals surface area contributed by atoms with E-state index in [-0.39, 0.29) is 21.8 Å². The molecule has 2 aromatic carbocycles. The van der Waals surface area contributed by atoms with Gasteiger partial charge in [-0.25, -0.2) is 21.6 Å². The molecule has 0 spiro atoms. The highest BCUT2D eigenvalue weighted by Crippen LogP contribution is 2.29. The van der Waals surface area contributed by atoms with Crippen LogP contribution in [-0.4, -0.2) is 23.0 Å². The minimum Gasteiger partial charge on any atom is -0.286 e. The first kappa shape index (κ1) is 19.9. The number of benzene rings is 2. The molecule has 0 N–H and O–H groups in total. The molecule has 0 saturated carbocycles. The number of nitrogens with zero attached hydrogens (tertiary/aromatic N) is 4. The SMILES string of the molecule is Cc1nnc2c(S(=O)(=O)N(Cc3ccccc3F)c3ccc(F)c(F)c3)cccn12. The van der Waals surface area contributed by atoms with Crippen LogP contribution in [0.2, 0.25) is 0 Å². The third kappa shape index (κ3) is 3.39. The minimum absolute atomic E-state index is 0.0652. The molecule has 0 amide bonds. The molecule has 0 unspecified atom stereocenters. The highest BCUT2D eigenvalue weighted by molar-refractivity contribution is 7.93. The van der Waals surface area contributed by atoms with E-state index < -0.39 is 34.0 Å². The van der Waals surface area contributed by atoms with E-state index in [1.54, 1.807) is 19.2 Å². The molecule has 2 heterocycles. The number of hydrogen-bond donors (Lipinski definition) is 0. The lowest BCUT2D eigenvalue weighted by molar-refractivity contribution is 0.508. The van der Waals surface area contributed by atoms with E-state index in [2.05, 4.69) is 10.2 Å². The topological polar surface area (TPSA) is 67.6 Å². The van der Waals surface area contributed by atoms with E-state index in [1.807, 2.05) is 0 Å². The predicted molar refractivity (Wildman–Crippen MR) is 104 cm³/mol. The molecular formula is C20H15F3N4O2S. The van der Waals surface area contributed by atoms with Crippen LogP contribution in [0.15, 0.2) is 65.7 Å². The Morgan fingerprint density at radius 1 is 0.933 bits per heavy atom. The number of rotatable bonds is 5. The average molecular weight is 432 g/mol. The largest absolute Gasteiger partial charge is 0.286 e. The summed E-state index contributed by atoms with van der Waals surface area (Å²) in [7, 11) is -4.36. The van der Waals surface area contributed by atoms with Crippen molar-refractivity contribution >= 4 is 21.4 Å². The van der Waals surface area contributed by atoms with Crippen LogP contribution in [0.5, 0.6) is 0 Å². The van der Waals surface area contributed by atoms with Gasteiger partial charge in [-0.15, -0.1) is 10.2 Å². The van der Waals surface area contributed by atoms with Gasteiger partial charge in [-0.1, -0.05) is 18.2 Å². The molecule has 0 bridgehead atoms. The highest BCUT2D eigenvalue weighted by Gasteiger charge is 2.30. The van der Waals surface area contributed by atoms with E-state index in [4.69, 9.17) is 0 Å². The number of fused-ring (bicyclic) bond motifs is 1. The molecule has 0 aliphatic rings. The van der Waals surface area contributed by atoms with Crippen molar-refractivity contribution in [2.24, 2.45) is 0 Å². The predicted octanol–water partition coefficient (Wildman–Crippen LogP) is 3.85. The standard InChI is InChI=1S/C20H15F3N4O2S/c1-13-24-25-20-19(7-4-10-26(13)20)30(28,29)27(12-14-5-2-3-6-16(14)21)15-8-9-17(22)18(23)11-15/h2-11H,12H2,1H3. The van der Waals surface area contributed by atoms with Gasteiger partial charge >= 0.3 is 0 Å². The number of aryl methyl sites for hydroxylation is 1. The Labute approximate surface area is 170 Å². The molecule has 6 nitrogen and oxygen atoms in total. The Morgan fingerprint density at radius 3 is 2.43 bits per heavy atom. The molecule has 0 fully saturated rings. The van der Waals surface area contributed by atoms with Crippen LogP contribution >= 0.6 is 0 Å². The summed E-state index contributed by atoms with van der Waals surface area (Å²) in [6.07, 6.45) is 1.60. The lowest BCUT2D eigenvalue weighted by Gasteiger charge is -2.25. The second-order valence-corrected chi connectivity index (χ2v) is 8.35. The van der Waals surface area contributed by atoms with Crippen LogP contribution in [0.25, 0.3) is 5.65 Å². The lowest BCUT2D eigenvalue weighted by atomic mass is 10.2. The summed E-state index contributed by atoms with van der Waals surface area (Å²) in [4.78, 5) is -0.202. The van der Waals surface area contributed by atoms with Gasteiger partial charge in [-0.3, -0.25) is 8.71 Å². The summed E-state index contributed by atoms with van der Waals surface area (Å²) < 4.78 is 71.1. The first-order chi connectivity index (χ1) is 14.3. The molecule has 0 aliphatic carbocycles. The zero-order chi connectivity index (χ0) is 21.5. The first-order valence-electron chi connectivity index (χ1n) is 8.80. The Bertz CT molecular complexity index is 1360. The number of hydrogen-bond acceptors (Lipinski definition) is 4. The lowest BCUT2D eigenvalue weighted by Crippen LogP contribution is -2.31. The third-order valence-corrected chi connectivity index (χ3v) is 6.40. The normalized spacial score (nSPS) is 11.7. The van der Waals surface area contributed by atoms with Crippen LogP contribution in [0.3, 0.4) is 0 Å². The number of pyridine rings is 1. The maximum Gasteiger partial charge on any atom is 0.268 e.